The Labute approximate surface area is 152 Å². The molecule has 2 aromatic rings. The fourth-order valence-electron chi connectivity index (χ4n) is 2.93. The normalized spacial score (nSPS) is 18.0. The molecule has 24 heavy (non-hydrogen) atoms. The van der Waals surface area contributed by atoms with Gasteiger partial charge in [-0.1, -0.05) is 29.8 Å². The van der Waals surface area contributed by atoms with E-state index < -0.39 is 0 Å². The zero-order chi connectivity index (χ0) is 16.8. The number of para-hydroxylation sites is 1. The number of anilines is 1. The van der Waals surface area contributed by atoms with E-state index in [4.69, 9.17) is 11.6 Å². The number of benzene rings is 1. The average Bonchev–Trinajstić information content (AvgIpc) is 3.24. The van der Waals surface area contributed by atoms with Gasteiger partial charge < -0.3 is 15.5 Å². The molecule has 0 bridgehead atoms. The van der Waals surface area contributed by atoms with Gasteiger partial charge in [-0.25, -0.2) is 0 Å². The van der Waals surface area contributed by atoms with Gasteiger partial charge in [0.25, 0.3) is 0 Å². The second-order valence-electron chi connectivity index (χ2n) is 5.87. The molecule has 128 valence electrons. The van der Waals surface area contributed by atoms with E-state index in [0.717, 1.165) is 42.8 Å². The number of aliphatic imine (C=N–C) groups is 1. The maximum Gasteiger partial charge on any atom is 0.191 e. The van der Waals surface area contributed by atoms with Crippen LogP contribution in [0.5, 0.6) is 0 Å². The molecular weight excluding hydrogens is 340 g/mol. The van der Waals surface area contributed by atoms with Crippen LogP contribution in [0.4, 0.5) is 5.69 Å². The minimum Gasteiger partial charge on any atom is -0.369 e. The zero-order valence-corrected chi connectivity index (χ0v) is 15.4. The molecule has 0 saturated carbocycles. The Bertz CT molecular complexity index is 671. The molecule has 0 spiro atoms. The summed E-state index contributed by atoms with van der Waals surface area (Å²) in [5.74, 6) is 0.873. The van der Waals surface area contributed by atoms with Gasteiger partial charge in [-0.3, -0.25) is 4.99 Å². The number of thiophene rings is 1. The molecule has 1 aromatic carbocycles. The van der Waals surface area contributed by atoms with Crippen LogP contribution in [0.3, 0.4) is 0 Å². The van der Waals surface area contributed by atoms with Crippen LogP contribution in [0, 0.1) is 0 Å². The second kappa shape index (κ2) is 8.40. The van der Waals surface area contributed by atoms with Crippen LogP contribution in [-0.4, -0.2) is 38.7 Å². The van der Waals surface area contributed by atoms with Gasteiger partial charge >= 0.3 is 0 Å². The lowest BCUT2D eigenvalue weighted by molar-refractivity contribution is 0.648. The second-order valence-corrected chi connectivity index (χ2v) is 7.67. The Morgan fingerprint density at radius 3 is 2.83 bits per heavy atom. The van der Waals surface area contributed by atoms with E-state index in [0.29, 0.717) is 6.04 Å². The van der Waals surface area contributed by atoms with Crippen LogP contribution in [0.1, 0.15) is 11.3 Å². The summed E-state index contributed by atoms with van der Waals surface area (Å²) in [7, 11) is 1.82. The summed E-state index contributed by atoms with van der Waals surface area (Å²) in [5, 5.41) is 6.92. The van der Waals surface area contributed by atoms with Crippen molar-refractivity contribution in [1.29, 1.82) is 0 Å². The first-order valence-corrected chi connectivity index (χ1v) is 9.45. The molecule has 1 unspecified atom stereocenters. The summed E-state index contributed by atoms with van der Waals surface area (Å²) < 4.78 is 0.847. The molecule has 2 N–H and O–H groups in total. The van der Waals surface area contributed by atoms with Gasteiger partial charge in [0.15, 0.2) is 5.96 Å². The molecule has 2 heterocycles. The molecule has 0 aliphatic carbocycles. The van der Waals surface area contributed by atoms with E-state index in [9.17, 15) is 0 Å². The minimum atomic E-state index is 0.424. The Balaban J connectivity index is 1.44. The maximum absolute atomic E-state index is 5.96. The molecule has 1 atom stereocenters. The maximum atomic E-state index is 5.96. The van der Waals surface area contributed by atoms with Gasteiger partial charge in [-0.15, -0.1) is 11.3 Å². The van der Waals surface area contributed by atoms with Crippen molar-refractivity contribution in [2.75, 3.05) is 31.6 Å². The molecule has 3 rings (SSSR count). The summed E-state index contributed by atoms with van der Waals surface area (Å²) in [6.45, 7) is 2.93. The third-order valence-electron chi connectivity index (χ3n) is 4.17. The quantitative estimate of drug-likeness (QED) is 0.632. The third-order valence-corrected chi connectivity index (χ3v) is 5.46. The lowest BCUT2D eigenvalue weighted by Crippen LogP contribution is -2.45. The number of guanidine groups is 1. The Morgan fingerprint density at radius 2 is 2.12 bits per heavy atom. The Morgan fingerprint density at radius 1 is 1.29 bits per heavy atom. The zero-order valence-electron chi connectivity index (χ0n) is 13.8. The summed E-state index contributed by atoms with van der Waals surface area (Å²) >= 11 is 7.60. The lowest BCUT2D eigenvalue weighted by atomic mass is 10.2. The Hall–Kier alpha value is -1.72. The highest BCUT2D eigenvalue weighted by Crippen LogP contribution is 2.21. The van der Waals surface area contributed by atoms with Crippen LogP contribution in [0.25, 0.3) is 0 Å². The van der Waals surface area contributed by atoms with Gasteiger partial charge in [-0.2, -0.15) is 0 Å². The molecule has 1 aliphatic heterocycles. The van der Waals surface area contributed by atoms with Crippen molar-refractivity contribution >= 4 is 34.6 Å². The van der Waals surface area contributed by atoms with Gasteiger partial charge in [0.1, 0.15) is 0 Å². The van der Waals surface area contributed by atoms with Crippen molar-refractivity contribution in [3.63, 3.8) is 0 Å². The van der Waals surface area contributed by atoms with Crippen LogP contribution in [-0.2, 0) is 6.42 Å². The van der Waals surface area contributed by atoms with Gasteiger partial charge in [0.05, 0.1) is 4.34 Å². The molecule has 0 radical (unpaired) electrons. The third kappa shape index (κ3) is 4.65. The van der Waals surface area contributed by atoms with Crippen molar-refractivity contribution in [2.45, 2.75) is 18.9 Å². The largest absolute Gasteiger partial charge is 0.369 e. The number of halogens is 1. The highest BCUT2D eigenvalue weighted by molar-refractivity contribution is 7.16. The highest BCUT2D eigenvalue weighted by Gasteiger charge is 2.23. The predicted molar refractivity (Wildman–Crippen MR) is 105 cm³/mol. The van der Waals surface area contributed by atoms with Crippen LogP contribution >= 0.6 is 22.9 Å². The molecule has 1 aliphatic rings. The lowest BCUT2D eigenvalue weighted by Gasteiger charge is -2.20. The number of nitrogens with one attached hydrogen (secondary N) is 2. The predicted octanol–water partition coefficient (Wildman–Crippen LogP) is 3.39. The number of hydrogen-bond acceptors (Lipinski definition) is 3. The van der Waals surface area contributed by atoms with Crippen LogP contribution < -0.4 is 15.5 Å². The first-order chi connectivity index (χ1) is 11.7. The summed E-state index contributed by atoms with van der Waals surface area (Å²) in [6, 6.07) is 15.0. The molecule has 6 heteroatoms. The number of rotatable bonds is 5. The van der Waals surface area contributed by atoms with Crippen molar-refractivity contribution in [3.8, 4) is 0 Å². The van der Waals surface area contributed by atoms with Crippen LogP contribution in [0.15, 0.2) is 47.5 Å². The van der Waals surface area contributed by atoms with Crippen molar-refractivity contribution in [3.05, 3.63) is 51.7 Å². The van der Waals surface area contributed by atoms with E-state index in [1.807, 2.05) is 13.1 Å². The van der Waals surface area contributed by atoms with E-state index in [2.05, 4.69) is 56.9 Å². The molecule has 0 amide bonds. The van der Waals surface area contributed by atoms with Gasteiger partial charge in [0.2, 0.25) is 0 Å². The SMILES string of the molecule is CN=C(NCCc1ccc(Cl)s1)NC1CCN(c2ccccc2)C1. The fraction of sp³-hybridized carbons (Fsp3) is 0.389. The minimum absolute atomic E-state index is 0.424. The first-order valence-electron chi connectivity index (χ1n) is 8.26. The van der Waals surface area contributed by atoms with E-state index in [-0.39, 0.29) is 0 Å². The molecule has 1 fully saturated rings. The highest BCUT2D eigenvalue weighted by atomic mass is 35.5. The monoisotopic (exact) mass is 362 g/mol. The summed E-state index contributed by atoms with van der Waals surface area (Å²) in [5.41, 5.74) is 1.29. The molecular formula is C18H23ClN4S. The smallest absolute Gasteiger partial charge is 0.191 e. The van der Waals surface area contributed by atoms with Crippen molar-refractivity contribution in [1.82, 2.24) is 10.6 Å². The van der Waals surface area contributed by atoms with Crippen molar-refractivity contribution in [2.24, 2.45) is 4.99 Å². The first kappa shape index (κ1) is 17.1. The summed E-state index contributed by atoms with van der Waals surface area (Å²) in [6.07, 6.45) is 2.08. The van der Waals surface area contributed by atoms with E-state index in [1.54, 1.807) is 11.3 Å². The summed E-state index contributed by atoms with van der Waals surface area (Å²) in [4.78, 5) is 8.05. The molecule has 4 nitrogen and oxygen atoms in total. The fourth-order valence-corrected chi connectivity index (χ4v) is 4.02. The Kier molecular flexibility index (Phi) is 5.99. The van der Waals surface area contributed by atoms with E-state index >= 15 is 0 Å². The molecule has 1 saturated heterocycles. The van der Waals surface area contributed by atoms with Gasteiger partial charge in [-0.05, 0) is 37.1 Å². The average molecular weight is 363 g/mol. The van der Waals surface area contributed by atoms with Gasteiger partial charge in [0, 0.05) is 43.3 Å². The molecule has 1 aromatic heterocycles. The topological polar surface area (TPSA) is 39.7 Å². The number of hydrogen-bond donors (Lipinski definition) is 2. The van der Waals surface area contributed by atoms with Crippen LogP contribution in [0.2, 0.25) is 4.34 Å². The van der Waals surface area contributed by atoms with E-state index in [1.165, 1.54) is 10.6 Å². The number of nitrogens with zero attached hydrogens (tertiary/aromatic N) is 2. The standard InChI is InChI=1S/C18H23ClN4S/c1-20-18(21-11-9-16-7-8-17(19)24-16)22-14-10-12-23(13-14)15-5-3-2-4-6-15/h2-8,14H,9-13H2,1H3,(H2,20,21,22). The van der Waals surface area contributed by atoms with Crippen molar-refractivity contribution < 1.29 is 0 Å².